The molecule has 1 unspecified atom stereocenters. The molecule has 6 heteroatoms. The number of nitrogens with zero attached hydrogens (tertiary/aromatic N) is 3. The van der Waals surface area contributed by atoms with Crippen molar-refractivity contribution < 1.29 is 14.4 Å². The highest BCUT2D eigenvalue weighted by Gasteiger charge is 2.32. The van der Waals surface area contributed by atoms with E-state index >= 15 is 0 Å². The third kappa shape index (κ3) is 3.80. The molecule has 2 aliphatic heterocycles. The van der Waals surface area contributed by atoms with Gasteiger partial charge in [-0.25, -0.2) is 0 Å². The number of carbonyl (C=O) groups excluding carboxylic acids is 3. The topological polar surface area (TPSA) is 62.6 Å². The molecular weight excluding hydrogens is 366 g/mol. The zero-order chi connectivity index (χ0) is 20.4. The minimum atomic E-state index is -0.464. The van der Waals surface area contributed by atoms with E-state index in [-0.39, 0.29) is 18.5 Å². The van der Waals surface area contributed by atoms with Gasteiger partial charge in [0.25, 0.3) is 11.7 Å². The molecule has 29 heavy (non-hydrogen) atoms. The van der Waals surface area contributed by atoms with Crippen molar-refractivity contribution in [3.8, 4) is 0 Å². The van der Waals surface area contributed by atoms with E-state index in [2.05, 4.69) is 6.92 Å². The number of benzene rings is 1. The smallest absolute Gasteiger partial charge is 0.295 e. The van der Waals surface area contributed by atoms with Crippen molar-refractivity contribution in [2.24, 2.45) is 0 Å². The quantitative estimate of drug-likeness (QED) is 0.577. The number of fused-ring (bicyclic) bond motifs is 1. The maximum atomic E-state index is 13.2. The normalized spacial score (nSPS) is 19.7. The average Bonchev–Trinajstić information content (AvgIpc) is 3.41. The first-order valence-corrected chi connectivity index (χ1v) is 10.8. The molecule has 1 atom stereocenters. The van der Waals surface area contributed by atoms with Crippen LogP contribution in [-0.2, 0) is 16.1 Å². The number of ketones is 1. The van der Waals surface area contributed by atoms with Crippen LogP contribution < -0.4 is 0 Å². The summed E-state index contributed by atoms with van der Waals surface area (Å²) in [7, 11) is 0. The Morgan fingerprint density at radius 3 is 2.48 bits per heavy atom. The number of amides is 2. The summed E-state index contributed by atoms with van der Waals surface area (Å²) in [5.74, 6) is -0.810. The minimum absolute atomic E-state index is 0.0654. The molecule has 3 heterocycles. The lowest BCUT2D eigenvalue weighted by Crippen LogP contribution is -2.46. The van der Waals surface area contributed by atoms with Crippen LogP contribution in [-0.4, -0.2) is 57.6 Å². The van der Waals surface area contributed by atoms with Gasteiger partial charge >= 0.3 is 0 Å². The van der Waals surface area contributed by atoms with Crippen LogP contribution >= 0.6 is 0 Å². The summed E-state index contributed by atoms with van der Waals surface area (Å²) in [5.41, 5.74) is 1.22. The Balaban J connectivity index is 1.62. The van der Waals surface area contributed by atoms with Gasteiger partial charge in [-0.1, -0.05) is 25.1 Å². The fourth-order valence-corrected chi connectivity index (χ4v) is 4.71. The van der Waals surface area contributed by atoms with E-state index in [1.807, 2.05) is 33.7 Å². The number of rotatable bonds is 5. The predicted octanol–water partition coefficient (Wildman–Crippen LogP) is 3.24. The Labute approximate surface area is 171 Å². The first-order chi connectivity index (χ1) is 14.1. The number of Topliss-reactive ketones (excluding diaryl/α,β-unsaturated/α-hetero) is 1. The first-order valence-electron chi connectivity index (χ1n) is 10.8. The van der Waals surface area contributed by atoms with E-state index in [4.69, 9.17) is 0 Å². The number of piperidine rings is 1. The Kier molecular flexibility index (Phi) is 5.69. The number of carbonyl (C=O) groups is 3. The average molecular weight is 396 g/mol. The van der Waals surface area contributed by atoms with Crippen LogP contribution in [0.2, 0.25) is 0 Å². The standard InChI is InChI=1S/C23H29N3O3/c1-2-17-9-5-6-14-26(17)23(29)22(28)19-15-25(20-11-4-3-10-18(19)20)16-21(27)24-12-7-8-13-24/h3-4,10-11,15,17H,2,5-9,12-14,16H2,1H3. The lowest BCUT2D eigenvalue weighted by atomic mass is 9.98. The van der Waals surface area contributed by atoms with Crippen molar-refractivity contribution in [1.82, 2.24) is 14.4 Å². The molecule has 0 bridgehead atoms. The zero-order valence-electron chi connectivity index (χ0n) is 17.1. The summed E-state index contributed by atoms with van der Waals surface area (Å²) in [4.78, 5) is 42.5. The number of aromatic nitrogens is 1. The second-order valence-corrected chi connectivity index (χ2v) is 8.16. The SMILES string of the molecule is CCC1CCCCN1C(=O)C(=O)c1cn(CC(=O)N2CCCC2)c2ccccc12. The molecule has 0 aliphatic carbocycles. The van der Waals surface area contributed by atoms with E-state index in [9.17, 15) is 14.4 Å². The van der Waals surface area contributed by atoms with Crippen LogP contribution in [0.15, 0.2) is 30.5 Å². The number of hydrogen-bond donors (Lipinski definition) is 0. The molecule has 154 valence electrons. The number of hydrogen-bond acceptors (Lipinski definition) is 3. The second-order valence-electron chi connectivity index (χ2n) is 8.16. The van der Waals surface area contributed by atoms with Crippen LogP contribution in [0, 0.1) is 0 Å². The Bertz CT molecular complexity index is 927. The summed E-state index contributed by atoms with van der Waals surface area (Å²) in [6, 6.07) is 7.67. The third-order valence-electron chi connectivity index (χ3n) is 6.35. The molecule has 2 aromatic rings. The molecule has 1 aromatic heterocycles. The summed E-state index contributed by atoms with van der Waals surface area (Å²) in [6.45, 7) is 4.51. The third-order valence-corrected chi connectivity index (χ3v) is 6.35. The van der Waals surface area contributed by atoms with Crippen molar-refractivity contribution in [2.75, 3.05) is 19.6 Å². The summed E-state index contributed by atoms with van der Waals surface area (Å²) >= 11 is 0. The maximum Gasteiger partial charge on any atom is 0.295 e. The molecule has 0 spiro atoms. The van der Waals surface area contributed by atoms with E-state index in [1.54, 1.807) is 11.1 Å². The second kappa shape index (κ2) is 8.39. The van der Waals surface area contributed by atoms with E-state index < -0.39 is 11.7 Å². The first kappa shape index (κ1) is 19.7. The van der Waals surface area contributed by atoms with Gasteiger partial charge in [0.05, 0.1) is 5.56 Å². The fraction of sp³-hybridized carbons (Fsp3) is 0.522. The molecule has 2 amide bonds. The van der Waals surface area contributed by atoms with Gasteiger partial charge in [0.15, 0.2) is 0 Å². The lowest BCUT2D eigenvalue weighted by Gasteiger charge is -2.34. The van der Waals surface area contributed by atoms with Crippen molar-refractivity contribution in [2.45, 2.75) is 58.0 Å². The van der Waals surface area contributed by atoms with Gasteiger partial charge in [0, 0.05) is 42.8 Å². The van der Waals surface area contributed by atoms with Crippen LogP contribution in [0.25, 0.3) is 10.9 Å². The van der Waals surface area contributed by atoms with E-state index in [0.717, 1.165) is 62.5 Å². The highest BCUT2D eigenvalue weighted by Crippen LogP contribution is 2.25. The van der Waals surface area contributed by atoms with Crippen LogP contribution in [0.5, 0.6) is 0 Å². The van der Waals surface area contributed by atoms with Crippen molar-refractivity contribution >= 4 is 28.5 Å². The van der Waals surface area contributed by atoms with Gasteiger partial charge in [0.1, 0.15) is 6.54 Å². The predicted molar refractivity (Wildman–Crippen MR) is 112 cm³/mol. The number of likely N-dealkylation sites (tertiary alicyclic amines) is 2. The Morgan fingerprint density at radius 1 is 1.00 bits per heavy atom. The van der Waals surface area contributed by atoms with Crippen molar-refractivity contribution in [1.29, 1.82) is 0 Å². The van der Waals surface area contributed by atoms with E-state index in [1.165, 1.54) is 0 Å². The van der Waals surface area contributed by atoms with Gasteiger partial charge < -0.3 is 14.4 Å². The zero-order valence-corrected chi connectivity index (χ0v) is 17.1. The van der Waals surface area contributed by atoms with Gasteiger partial charge in [0.2, 0.25) is 5.91 Å². The minimum Gasteiger partial charge on any atom is -0.341 e. The molecule has 4 rings (SSSR count). The van der Waals surface area contributed by atoms with Crippen molar-refractivity contribution in [3.63, 3.8) is 0 Å². The van der Waals surface area contributed by atoms with Gasteiger partial charge in [-0.2, -0.15) is 0 Å². The molecule has 6 nitrogen and oxygen atoms in total. The summed E-state index contributed by atoms with van der Waals surface area (Å²) < 4.78 is 1.82. The molecule has 0 radical (unpaired) electrons. The van der Waals surface area contributed by atoms with Gasteiger partial charge in [-0.3, -0.25) is 14.4 Å². The fourth-order valence-electron chi connectivity index (χ4n) is 4.71. The molecule has 0 N–H and O–H groups in total. The lowest BCUT2D eigenvalue weighted by molar-refractivity contribution is -0.131. The molecule has 0 saturated carbocycles. The van der Waals surface area contributed by atoms with Crippen LogP contribution in [0.4, 0.5) is 0 Å². The summed E-state index contributed by atoms with van der Waals surface area (Å²) in [5, 5.41) is 0.741. The molecule has 2 saturated heterocycles. The largest absolute Gasteiger partial charge is 0.341 e. The van der Waals surface area contributed by atoms with Gasteiger partial charge in [-0.15, -0.1) is 0 Å². The van der Waals surface area contributed by atoms with Crippen LogP contribution in [0.3, 0.4) is 0 Å². The molecule has 2 aliphatic rings. The number of para-hydroxylation sites is 1. The monoisotopic (exact) mass is 395 g/mol. The molecular formula is C23H29N3O3. The van der Waals surface area contributed by atoms with Crippen molar-refractivity contribution in [3.05, 3.63) is 36.0 Å². The van der Waals surface area contributed by atoms with E-state index in [0.29, 0.717) is 12.1 Å². The Hall–Kier alpha value is -2.63. The van der Waals surface area contributed by atoms with Crippen LogP contribution in [0.1, 0.15) is 55.8 Å². The highest BCUT2D eigenvalue weighted by molar-refractivity contribution is 6.45. The van der Waals surface area contributed by atoms with Gasteiger partial charge in [-0.05, 0) is 44.6 Å². The summed E-state index contributed by atoms with van der Waals surface area (Å²) in [6.07, 6.45) is 7.67. The highest BCUT2D eigenvalue weighted by atomic mass is 16.2. The molecule has 1 aromatic carbocycles. The Morgan fingerprint density at radius 2 is 1.72 bits per heavy atom. The maximum absolute atomic E-state index is 13.2. The molecule has 2 fully saturated rings.